The summed E-state index contributed by atoms with van der Waals surface area (Å²) in [5, 5.41) is 0. The van der Waals surface area contributed by atoms with Crippen molar-refractivity contribution in [1.82, 2.24) is 4.90 Å². The summed E-state index contributed by atoms with van der Waals surface area (Å²) >= 11 is 0. The van der Waals surface area contributed by atoms with Gasteiger partial charge in [-0.3, -0.25) is 4.79 Å². The molecule has 3 unspecified atom stereocenters. The summed E-state index contributed by atoms with van der Waals surface area (Å²) in [4.78, 5) is 13.7. The summed E-state index contributed by atoms with van der Waals surface area (Å²) in [5.41, 5.74) is 5.59. The molecule has 0 aromatic rings. The van der Waals surface area contributed by atoms with Crippen molar-refractivity contribution in [3.05, 3.63) is 0 Å². The number of carbonyl (C=O) groups is 1. The number of hydrogen-bond donors (Lipinski definition) is 1. The van der Waals surface area contributed by atoms with Crippen LogP contribution in [0.5, 0.6) is 0 Å². The van der Waals surface area contributed by atoms with Gasteiger partial charge in [0, 0.05) is 19.0 Å². The van der Waals surface area contributed by atoms with Crippen LogP contribution in [-0.2, 0) is 4.79 Å². The van der Waals surface area contributed by atoms with Crippen molar-refractivity contribution < 1.29 is 4.79 Å². The largest absolute Gasteiger partial charge is 0.339 e. The average Bonchev–Trinajstić information content (AvgIpc) is 2.82. The summed E-state index contributed by atoms with van der Waals surface area (Å²) < 4.78 is 0. The van der Waals surface area contributed by atoms with Gasteiger partial charge in [-0.1, -0.05) is 13.3 Å². The molecule has 2 fully saturated rings. The Morgan fingerprint density at radius 2 is 2.36 bits per heavy atom. The van der Waals surface area contributed by atoms with Crippen LogP contribution in [0.2, 0.25) is 0 Å². The average molecular weight is 196 g/mol. The second-order valence-corrected chi connectivity index (χ2v) is 4.70. The first-order valence-electron chi connectivity index (χ1n) is 5.75. The highest BCUT2D eigenvalue weighted by atomic mass is 16.2. The van der Waals surface area contributed by atoms with Gasteiger partial charge in [-0.2, -0.15) is 0 Å². The van der Waals surface area contributed by atoms with Crippen molar-refractivity contribution in [2.24, 2.45) is 17.6 Å². The zero-order valence-corrected chi connectivity index (χ0v) is 8.91. The lowest BCUT2D eigenvalue weighted by molar-refractivity contribution is -0.128. The van der Waals surface area contributed by atoms with Gasteiger partial charge in [0.2, 0.25) is 5.91 Å². The SMILES string of the molecule is CCCC1CC1N1CC(CN)CC1=O. The van der Waals surface area contributed by atoms with Crippen LogP contribution in [0.4, 0.5) is 0 Å². The maximum Gasteiger partial charge on any atom is 0.223 e. The summed E-state index contributed by atoms with van der Waals surface area (Å²) in [6, 6.07) is 0.569. The summed E-state index contributed by atoms with van der Waals surface area (Å²) in [7, 11) is 0. The van der Waals surface area contributed by atoms with Gasteiger partial charge in [-0.25, -0.2) is 0 Å². The molecule has 1 saturated heterocycles. The molecule has 1 aliphatic carbocycles. The highest BCUT2D eigenvalue weighted by molar-refractivity contribution is 5.79. The third kappa shape index (κ3) is 1.78. The third-order valence-corrected chi connectivity index (χ3v) is 3.52. The van der Waals surface area contributed by atoms with Gasteiger partial charge in [-0.15, -0.1) is 0 Å². The van der Waals surface area contributed by atoms with Crippen molar-refractivity contribution in [1.29, 1.82) is 0 Å². The molecule has 0 radical (unpaired) electrons. The standard InChI is InChI=1S/C11H20N2O/c1-2-3-9-5-10(9)13-7-8(6-12)4-11(13)14/h8-10H,2-7,12H2,1H3. The van der Waals surface area contributed by atoms with Gasteiger partial charge in [0.05, 0.1) is 0 Å². The number of hydrogen-bond acceptors (Lipinski definition) is 2. The Balaban J connectivity index is 1.85. The number of likely N-dealkylation sites (tertiary alicyclic amines) is 1. The minimum Gasteiger partial charge on any atom is -0.339 e. The Labute approximate surface area is 85.6 Å². The van der Waals surface area contributed by atoms with Gasteiger partial charge in [0.1, 0.15) is 0 Å². The highest BCUT2D eigenvalue weighted by Crippen LogP contribution is 2.41. The van der Waals surface area contributed by atoms with E-state index in [4.69, 9.17) is 5.73 Å². The fraction of sp³-hybridized carbons (Fsp3) is 0.909. The van der Waals surface area contributed by atoms with Crippen molar-refractivity contribution in [2.75, 3.05) is 13.1 Å². The van der Waals surface area contributed by atoms with E-state index in [1.807, 2.05) is 0 Å². The van der Waals surface area contributed by atoms with Gasteiger partial charge >= 0.3 is 0 Å². The molecule has 0 bridgehead atoms. The van der Waals surface area contributed by atoms with Crippen molar-refractivity contribution in [3.63, 3.8) is 0 Å². The fourth-order valence-electron chi connectivity index (χ4n) is 2.58. The number of carbonyl (C=O) groups excluding carboxylic acids is 1. The normalized spacial score (nSPS) is 36.6. The van der Waals surface area contributed by atoms with E-state index in [9.17, 15) is 4.79 Å². The van der Waals surface area contributed by atoms with Crippen LogP contribution in [0, 0.1) is 11.8 Å². The molecule has 2 rings (SSSR count). The Hall–Kier alpha value is -0.570. The van der Waals surface area contributed by atoms with E-state index < -0.39 is 0 Å². The molecule has 2 aliphatic rings. The van der Waals surface area contributed by atoms with Crippen LogP contribution >= 0.6 is 0 Å². The van der Waals surface area contributed by atoms with E-state index in [-0.39, 0.29) is 0 Å². The fourth-order valence-corrected chi connectivity index (χ4v) is 2.58. The molecule has 1 amide bonds. The smallest absolute Gasteiger partial charge is 0.223 e. The van der Waals surface area contributed by atoms with Crippen molar-refractivity contribution >= 4 is 5.91 Å². The third-order valence-electron chi connectivity index (χ3n) is 3.52. The number of nitrogens with zero attached hydrogens (tertiary/aromatic N) is 1. The highest BCUT2D eigenvalue weighted by Gasteiger charge is 2.45. The molecule has 3 atom stereocenters. The van der Waals surface area contributed by atoms with Crippen LogP contribution in [0.15, 0.2) is 0 Å². The molecule has 3 heteroatoms. The molecule has 80 valence electrons. The molecule has 1 aliphatic heterocycles. The maximum atomic E-state index is 11.6. The molecular weight excluding hydrogens is 176 g/mol. The lowest BCUT2D eigenvalue weighted by Gasteiger charge is -2.16. The zero-order valence-electron chi connectivity index (χ0n) is 8.91. The van der Waals surface area contributed by atoms with E-state index in [1.54, 1.807) is 0 Å². The molecule has 1 heterocycles. The number of nitrogens with two attached hydrogens (primary N) is 1. The maximum absolute atomic E-state index is 11.6. The first-order chi connectivity index (χ1) is 6.76. The topological polar surface area (TPSA) is 46.3 Å². The second-order valence-electron chi connectivity index (χ2n) is 4.70. The van der Waals surface area contributed by atoms with Crippen LogP contribution in [-0.4, -0.2) is 29.9 Å². The second kappa shape index (κ2) is 3.89. The van der Waals surface area contributed by atoms with E-state index in [0.29, 0.717) is 30.8 Å². The summed E-state index contributed by atoms with van der Waals surface area (Å²) in [6.45, 7) is 3.79. The van der Waals surface area contributed by atoms with Crippen LogP contribution in [0.3, 0.4) is 0 Å². The molecular formula is C11H20N2O. The van der Waals surface area contributed by atoms with Gasteiger partial charge in [-0.05, 0) is 31.2 Å². The van der Waals surface area contributed by atoms with Crippen molar-refractivity contribution in [3.8, 4) is 0 Å². The lowest BCUT2D eigenvalue weighted by atomic mass is 10.1. The molecule has 1 saturated carbocycles. The Morgan fingerprint density at radius 1 is 1.57 bits per heavy atom. The van der Waals surface area contributed by atoms with E-state index in [1.165, 1.54) is 19.3 Å². The van der Waals surface area contributed by atoms with Gasteiger partial charge in [0.15, 0.2) is 0 Å². The monoisotopic (exact) mass is 196 g/mol. The molecule has 0 spiro atoms. The van der Waals surface area contributed by atoms with E-state index in [0.717, 1.165) is 12.5 Å². The van der Waals surface area contributed by atoms with Crippen molar-refractivity contribution in [2.45, 2.75) is 38.6 Å². The number of amides is 1. The molecule has 0 aromatic carbocycles. The van der Waals surface area contributed by atoms with Gasteiger partial charge in [0.25, 0.3) is 0 Å². The minimum atomic E-state index is 0.337. The number of rotatable bonds is 4. The Morgan fingerprint density at radius 3 is 2.93 bits per heavy atom. The van der Waals surface area contributed by atoms with Gasteiger partial charge < -0.3 is 10.6 Å². The first-order valence-corrected chi connectivity index (χ1v) is 5.75. The minimum absolute atomic E-state index is 0.337. The van der Waals surface area contributed by atoms with Crippen LogP contribution < -0.4 is 5.73 Å². The quantitative estimate of drug-likeness (QED) is 0.728. The van der Waals surface area contributed by atoms with Crippen LogP contribution in [0.25, 0.3) is 0 Å². The predicted molar refractivity (Wildman–Crippen MR) is 55.7 cm³/mol. The molecule has 3 nitrogen and oxygen atoms in total. The zero-order chi connectivity index (χ0) is 10.1. The van der Waals surface area contributed by atoms with E-state index >= 15 is 0 Å². The molecule has 0 aromatic heterocycles. The first kappa shape index (κ1) is 9.97. The van der Waals surface area contributed by atoms with Crippen LogP contribution in [0.1, 0.15) is 32.6 Å². The Kier molecular flexibility index (Phi) is 2.77. The lowest BCUT2D eigenvalue weighted by Crippen LogP contribution is -2.29. The molecule has 14 heavy (non-hydrogen) atoms. The predicted octanol–water partition coefficient (Wildman–Crippen LogP) is 0.982. The van der Waals surface area contributed by atoms with E-state index in [2.05, 4.69) is 11.8 Å². The summed E-state index contributed by atoms with van der Waals surface area (Å²) in [6.07, 6.45) is 4.44. The molecule has 2 N–H and O–H groups in total. The Bertz CT molecular complexity index is 229. The summed E-state index contributed by atoms with van der Waals surface area (Å²) in [5.74, 6) is 1.55.